The van der Waals surface area contributed by atoms with Crippen LogP contribution in [0.4, 0.5) is 4.39 Å². The molecular formula is C13H17FN2O. The molecule has 1 atom stereocenters. The fraction of sp³-hybridized carbons (Fsp3) is 0.462. The monoisotopic (exact) mass is 236 g/mol. The van der Waals surface area contributed by atoms with Crippen LogP contribution in [-0.4, -0.2) is 37.0 Å². The number of aryl methyl sites for hydroxylation is 1. The van der Waals surface area contributed by atoms with Crippen LogP contribution in [0.2, 0.25) is 0 Å². The van der Waals surface area contributed by atoms with Crippen molar-refractivity contribution in [1.82, 2.24) is 10.2 Å². The second-order valence-corrected chi connectivity index (χ2v) is 4.49. The molecule has 1 fully saturated rings. The summed E-state index contributed by atoms with van der Waals surface area (Å²) in [7, 11) is 1.90. The molecule has 1 saturated heterocycles. The molecule has 17 heavy (non-hydrogen) atoms. The van der Waals surface area contributed by atoms with Crippen LogP contribution in [-0.2, 0) is 0 Å². The van der Waals surface area contributed by atoms with Crippen LogP contribution in [0.5, 0.6) is 0 Å². The van der Waals surface area contributed by atoms with Crippen LogP contribution >= 0.6 is 0 Å². The molecule has 1 amide bonds. The Bertz CT molecular complexity index is 433. The lowest BCUT2D eigenvalue weighted by Crippen LogP contribution is -2.33. The third-order valence-corrected chi connectivity index (χ3v) is 3.29. The Morgan fingerprint density at radius 3 is 2.88 bits per heavy atom. The van der Waals surface area contributed by atoms with Gasteiger partial charge in [-0.3, -0.25) is 4.79 Å². The normalized spacial score (nSPS) is 19.7. The lowest BCUT2D eigenvalue weighted by molar-refractivity contribution is 0.0789. The first kappa shape index (κ1) is 12.0. The van der Waals surface area contributed by atoms with E-state index in [1.54, 1.807) is 19.1 Å². The lowest BCUT2D eigenvalue weighted by atomic mass is 10.1. The number of hydrogen-bond acceptors (Lipinski definition) is 2. The molecule has 0 saturated carbocycles. The highest BCUT2D eigenvalue weighted by Gasteiger charge is 2.25. The molecule has 1 aromatic carbocycles. The van der Waals surface area contributed by atoms with Crippen LogP contribution in [0.1, 0.15) is 22.3 Å². The number of nitrogens with zero attached hydrogens (tertiary/aromatic N) is 1. The average molecular weight is 236 g/mol. The third kappa shape index (κ3) is 2.47. The minimum Gasteiger partial charge on any atom is -0.337 e. The number of hydrogen-bond donors (Lipinski definition) is 1. The van der Waals surface area contributed by atoms with Gasteiger partial charge < -0.3 is 10.2 Å². The molecular weight excluding hydrogens is 219 g/mol. The Kier molecular flexibility index (Phi) is 3.43. The standard InChI is InChI=1S/C13H17FN2O/c1-9-7-10(3-4-12(9)14)13(17)16-6-5-11(8-16)15-2/h3-4,7,11,15H,5-6,8H2,1-2H3. The summed E-state index contributed by atoms with van der Waals surface area (Å²) in [4.78, 5) is 14.0. The summed E-state index contributed by atoms with van der Waals surface area (Å²) >= 11 is 0. The molecule has 2 rings (SSSR count). The predicted molar refractivity (Wildman–Crippen MR) is 64.5 cm³/mol. The van der Waals surface area contributed by atoms with Crippen molar-refractivity contribution < 1.29 is 9.18 Å². The minimum atomic E-state index is -0.268. The molecule has 4 heteroatoms. The zero-order valence-corrected chi connectivity index (χ0v) is 10.2. The zero-order chi connectivity index (χ0) is 12.4. The zero-order valence-electron chi connectivity index (χ0n) is 10.2. The van der Waals surface area contributed by atoms with Gasteiger partial charge in [0.25, 0.3) is 5.91 Å². The average Bonchev–Trinajstić information content (AvgIpc) is 2.80. The van der Waals surface area contributed by atoms with E-state index in [2.05, 4.69) is 5.32 Å². The molecule has 3 nitrogen and oxygen atoms in total. The summed E-state index contributed by atoms with van der Waals surface area (Å²) in [5.41, 5.74) is 1.08. The van der Waals surface area contributed by atoms with Gasteiger partial charge in [0.1, 0.15) is 5.82 Å². The number of halogens is 1. The van der Waals surface area contributed by atoms with E-state index in [1.807, 2.05) is 11.9 Å². The van der Waals surface area contributed by atoms with Crippen molar-refractivity contribution in [1.29, 1.82) is 0 Å². The van der Waals surface area contributed by atoms with Crippen LogP contribution in [0.25, 0.3) is 0 Å². The second kappa shape index (κ2) is 4.84. The smallest absolute Gasteiger partial charge is 0.253 e. The van der Waals surface area contributed by atoms with Gasteiger partial charge in [-0.2, -0.15) is 0 Å². The molecule has 0 bridgehead atoms. The van der Waals surface area contributed by atoms with Crippen LogP contribution < -0.4 is 5.32 Å². The van der Waals surface area contributed by atoms with Gasteiger partial charge in [-0.15, -0.1) is 0 Å². The Hall–Kier alpha value is -1.42. The summed E-state index contributed by atoms with van der Waals surface area (Å²) in [5.74, 6) is -0.276. The Labute approximate surface area is 101 Å². The first-order chi connectivity index (χ1) is 8.11. The summed E-state index contributed by atoms with van der Waals surface area (Å²) < 4.78 is 13.1. The Morgan fingerprint density at radius 1 is 1.53 bits per heavy atom. The van der Waals surface area contributed by atoms with Crippen molar-refractivity contribution in [3.05, 3.63) is 35.1 Å². The molecule has 1 N–H and O–H groups in total. The lowest BCUT2D eigenvalue weighted by Gasteiger charge is -2.16. The van der Waals surface area contributed by atoms with Gasteiger partial charge in [0.2, 0.25) is 0 Å². The van der Waals surface area contributed by atoms with Crippen molar-refractivity contribution in [3.8, 4) is 0 Å². The van der Waals surface area contributed by atoms with Gasteiger partial charge in [-0.05, 0) is 44.2 Å². The van der Waals surface area contributed by atoms with Gasteiger partial charge >= 0.3 is 0 Å². The molecule has 1 aliphatic heterocycles. The molecule has 0 aromatic heterocycles. The molecule has 0 aliphatic carbocycles. The molecule has 0 radical (unpaired) electrons. The molecule has 1 aliphatic rings. The van der Waals surface area contributed by atoms with Gasteiger partial charge in [-0.25, -0.2) is 4.39 Å². The summed E-state index contributed by atoms with van der Waals surface area (Å²) in [6, 6.07) is 4.90. The maximum atomic E-state index is 13.1. The van der Waals surface area contributed by atoms with Crippen LogP contribution in [0.3, 0.4) is 0 Å². The van der Waals surface area contributed by atoms with E-state index in [9.17, 15) is 9.18 Å². The number of nitrogens with one attached hydrogen (secondary N) is 1. The van der Waals surface area contributed by atoms with Crippen molar-refractivity contribution in [2.45, 2.75) is 19.4 Å². The topological polar surface area (TPSA) is 32.3 Å². The largest absolute Gasteiger partial charge is 0.337 e. The number of rotatable bonds is 2. The fourth-order valence-corrected chi connectivity index (χ4v) is 2.14. The highest BCUT2D eigenvalue weighted by atomic mass is 19.1. The van der Waals surface area contributed by atoms with E-state index in [0.717, 1.165) is 19.5 Å². The first-order valence-corrected chi connectivity index (χ1v) is 5.84. The van der Waals surface area contributed by atoms with Crippen molar-refractivity contribution in [2.24, 2.45) is 0 Å². The van der Waals surface area contributed by atoms with E-state index in [1.165, 1.54) is 6.07 Å². The maximum Gasteiger partial charge on any atom is 0.253 e. The summed E-state index contributed by atoms with van der Waals surface area (Å²) in [6.07, 6.45) is 0.975. The Morgan fingerprint density at radius 2 is 2.29 bits per heavy atom. The number of carbonyl (C=O) groups is 1. The maximum absolute atomic E-state index is 13.1. The molecule has 1 aromatic rings. The fourth-order valence-electron chi connectivity index (χ4n) is 2.14. The second-order valence-electron chi connectivity index (χ2n) is 4.49. The van der Waals surface area contributed by atoms with E-state index < -0.39 is 0 Å². The summed E-state index contributed by atoms with van der Waals surface area (Å²) in [5, 5.41) is 3.17. The van der Waals surface area contributed by atoms with Crippen molar-refractivity contribution in [3.63, 3.8) is 0 Å². The van der Waals surface area contributed by atoms with E-state index in [0.29, 0.717) is 17.2 Å². The van der Waals surface area contributed by atoms with E-state index >= 15 is 0 Å². The molecule has 1 unspecified atom stereocenters. The number of likely N-dealkylation sites (N-methyl/N-ethyl adjacent to an activating group) is 1. The number of benzene rings is 1. The molecule has 92 valence electrons. The van der Waals surface area contributed by atoms with Gasteiger partial charge in [-0.1, -0.05) is 0 Å². The summed E-state index contributed by atoms with van der Waals surface area (Å²) in [6.45, 7) is 3.17. The highest BCUT2D eigenvalue weighted by Crippen LogP contribution is 2.15. The number of amides is 1. The minimum absolute atomic E-state index is 0.00847. The highest BCUT2D eigenvalue weighted by molar-refractivity contribution is 5.94. The van der Waals surface area contributed by atoms with Gasteiger partial charge in [0.05, 0.1) is 0 Å². The number of carbonyl (C=O) groups excluding carboxylic acids is 1. The van der Waals surface area contributed by atoms with E-state index in [-0.39, 0.29) is 11.7 Å². The van der Waals surface area contributed by atoms with E-state index in [4.69, 9.17) is 0 Å². The molecule has 1 heterocycles. The first-order valence-electron chi connectivity index (χ1n) is 5.84. The predicted octanol–water partition coefficient (Wildman–Crippen LogP) is 1.57. The van der Waals surface area contributed by atoms with Gasteiger partial charge in [0.15, 0.2) is 0 Å². The quantitative estimate of drug-likeness (QED) is 0.845. The number of likely N-dealkylation sites (tertiary alicyclic amines) is 1. The third-order valence-electron chi connectivity index (χ3n) is 3.29. The molecule has 0 spiro atoms. The van der Waals surface area contributed by atoms with Crippen LogP contribution in [0, 0.1) is 12.7 Å². The Balaban J connectivity index is 2.12. The SMILES string of the molecule is CNC1CCN(C(=O)c2ccc(F)c(C)c2)C1. The van der Waals surface area contributed by atoms with Crippen molar-refractivity contribution in [2.75, 3.05) is 20.1 Å². The van der Waals surface area contributed by atoms with Gasteiger partial charge in [0, 0.05) is 24.7 Å². The van der Waals surface area contributed by atoms with Crippen molar-refractivity contribution >= 4 is 5.91 Å². The van der Waals surface area contributed by atoms with Crippen LogP contribution in [0.15, 0.2) is 18.2 Å².